The summed E-state index contributed by atoms with van der Waals surface area (Å²) < 4.78 is 0. The fourth-order valence-electron chi connectivity index (χ4n) is 3.52. The summed E-state index contributed by atoms with van der Waals surface area (Å²) in [6.45, 7) is 1.83. The second-order valence-electron chi connectivity index (χ2n) is 7.15. The number of hydrogen-bond acceptors (Lipinski definition) is 5. The number of nitrogens with one attached hydrogen (secondary N) is 1. The third-order valence-corrected chi connectivity index (χ3v) is 5.92. The molecule has 4 rings (SSSR count). The van der Waals surface area contributed by atoms with Crippen molar-refractivity contribution in [2.45, 2.75) is 13.0 Å². The van der Waals surface area contributed by atoms with Crippen molar-refractivity contribution in [2.75, 3.05) is 30.1 Å². The summed E-state index contributed by atoms with van der Waals surface area (Å²) in [6, 6.07) is 16.7. The van der Waals surface area contributed by atoms with Gasteiger partial charge in [0, 0.05) is 25.5 Å². The van der Waals surface area contributed by atoms with Crippen LogP contribution in [0, 0.1) is 0 Å². The van der Waals surface area contributed by atoms with Gasteiger partial charge in [-0.15, -0.1) is 0 Å². The molecule has 2 aromatic rings. The Kier molecular flexibility index (Phi) is 5.15. The quantitative estimate of drug-likeness (QED) is 0.842. The molecule has 2 heterocycles. The molecule has 1 atom stereocenters. The van der Waals surface area contributed by atoms with Gasteiger partial charge < -0.3 is 10.2 Å². The van der Waals surface area contributed by atoms with Gasteiger partial charge in [-0.1, -0.05) is 42.1 Å². The Morgan fingerprint density at radius 3 is 2.48 bits per heavy atom. The first-order valence-electron chi connectivity index (χ1n) is 9.33. The molecule has 0 aromatic heterocycles. The van der Waals surface area contributed by atoms with E-state index in [0.29, 0.717) is 27.9 Å². The average molecular weight is 407 g/mol. The molecular weight excluding hydrogens is 384 g/mol. The lowest BCUT2D eigenvalue weighted by molar-refractivity contribution is -0.125. The molecular formula is C22H22N4O2S. The lowest BCUT2D eigenvalue weighted by Crippen LogP contribution is -2.40. The van der Waals surface area contributed by atoms with Crippen LogP contribution >= 0.6 is 11.8 Å². The summed E-state index contributed by atoms with van der Waals surface area (Å²) in [6.07, 6.45) is 0. The Morgan fingerprint density at radius 1 is 1.14 bits per heavy atom. The van der Waals surface area contributed by atoms with E-state index in [4.69, 9.17) is 0 Å². The minimum Gasteiger partial charge on any atom is -0.378 e. The molecule has 0 saturated carbocycles. The van der Waals surface area contributed by atoms with E-state index in [1.165, 1.54) is 11.8 Å². The Hall–Kier alpha value is -3.06. The highest BCUT2D eigenvalue weighted by Crippen LogP contribution is 2.41. The summed E-state index contributed by atoms with van der Waals surface area (Å²) >= 11 is 1.41. The Balaban J connectivity index is 1.76. The summed E-state index contributed by atoms with van der Waals surface area (Å²) in [7, 11) is 3.95. The monoisotopic (exact) mass is 406 g/mol. The number of carbonyl (C=O) groups excluding carboxylic acids is 2. The van der Waals surface area contributed by atoms with Crippen LogP contribution in [0.1, 0.15) is 18.5 Å². The number of para-hydroxylation sites is 1. The van der Waals surface area contributed by atoms with Crippen molar-refractivity contribution in [1.82, 2.24) is 4.90 Å². The molecule has 2 amide bonds. The highest BCUT2D eigenvalue weighted by Gasteiger charge is 2.42. The molecule has 6 nitrogen and oxygen atoms in total. The maximum atomic E-state index is 13.2. The summed E-state index contributed by atoms with van der Waals surface area (Å²) in [4.78, 5) is 34.1. The van der Waals surface area contributed by atoms with Crippen LogP contribution in [0.4, 0.5) is 11.4 Å². The summed E-state index contributed by atoms with van der Waals surface area (Å²) in [5.74, 6) is 0.0576. The Bertz CT molecular complexity index is 1010. The number of rotatable bonds is 4. The highest BCUT2D eigenvalue weighted by molar-refractivity contribution is 8.15. The average Bonchev–Trinajstić information content (AvgIpc) is 3.08. The molecule has 0 unspecified atom stereocenters. The molecule has 148 valence electrons. The molecule has 2 aliphatic heterocycles. The number of carbonyl (C=O) groups is 2. The number of benzene rings is 2. The van der Waals surface area contributed by atoms with E-state index in [0.717, 1.165) is 11.3 Å². The molecule has 2 aromatic carbocycles. The summed E-state index contributed by atoms with van der Waals surface area (Å²) in [5, 5.41) is 3.60. The molecule has 29 heavy (non-hydrogen) atoms. The number of amides is 2. The maximum absolute atomic E-state index is 13.2. The van der Waals surface area contributed by atoms with Gasteiger partial charge in [-0.25, -0.2) is 4.99 Å². The zero-order valence-electron chi connectivity index (χ0n) is 16.5. The number of anilines is 2. The Morgan fingerprint density at radius 2 is 1.83 bits per heavy atom. The molecule has 0 spiro atoms. The van der Waals surface area contributed by atoms with Crippen LogP contribution in [0.3, 0.4) is 0 Å². The topological polar surface area (TPSA) is 65.0 Å². The zero-order valence-corrected chi connectivity index (χ0v) is 17.4. The van der Waals surface area contributed by atoms with E-state index in [2.05, 4.69) is 10.3 Å². The third-order valence-electron chi connectivity index (χ3n) is 4.99. The fraction of sp³-hybridized carbons (Fsp3) is 0.227. The van der Waals surface area contributed by atoms with Crippen molar-refractivity contribution >= 4 is 40.1 Å². The van der Waals surface area contributed by atoms with Crippen LogP contribution in [0.5, 0.6) is 0 Å². The molecule has 2 aliphatic rings. The largest absolute Gasteiger partial charge is 0.378 e. The molecule has 1 fully saturated rings. The van der Waals surface area contributed by atoms with Crippen molar-refractivity contribution in [3.63, 3.8) is 0 Å². The number of amidine groups is 1. The summed E-state index contributed by atoms with van der Waals surface area (Å²) in [5.41, 5.74) is 3.77. The van der Waals surface area contributed by atoms with Crippen LogP contribution in [-0.2, 0) is 9.59 Å². The number of hydrogen-bond donors (Lipinski definition) is 1. The van der Waals surface area contributed by atoms with Crippen LogP contribution in [-0.4, -0.2) is 41.7 Å². The smallest absolute Gasteiger partial charge is 0.255 e. The van der Waals surface area contributed by atoms with E-state index in [1.807, 2.05) is 80.5 Å². The third kappa shape index (κ3) is 3.65. The van der Waals surface area contributed by atoms with Gasteiger partial charge in [-0.2, -0.15) is 0 Å². The lowest BCUT2D eigenvalue weighted by atomic mass is 9.93. The molecule has 0 radical (unpaired) electrons. The fourth-order valence-corrected chi connectivity index (χ4v) is 4.46. The molecule has 0 aliphatic carbocycles. The predicted molar refractivity (Wildman–Crippen MR) is 118 cm³/mol. The first kappa shape index (κ1) is 19.3. The number of aliphatic imine (C=N–C) groups is 1. The number of allylic oxidation sites excluding steroid dienone is 1. The SMILES string of the molecule is CC1=C(C(=O)Nc2ccccc2)[C@H](c2ccc(N(C)C)cc2)N2C(=O)CSC2=N1. The second kappa shape index (κ2) is 7.75. The van der Waals surface area contributed by atoms with Crippen molar-refractivity contribution < 1.29 is 9.59 Å². The van der Waals surface area contributed by atoms with Gasteiger partial charge in [-0.3, -0.25) is 14.5 Å². The highest BCUT2D eigenvalue weighted by atomic mass is 32.2. The van der Waals surface area contributed by atoms with E-state index in [9.17, 15) is 9.59 Å². The van der Waals surface area contributed by atoms with Crippen molar-refractivity contribution in [2.24, 2.45) is 4.99 Å². The molecule has 1 saturated heterocycles. The van der Waals surface area contributed by atoms with E-state index < -0.39 is 6.04 Å². The first-order chi connectivity index (χ1) is 14.0. The van der Waals surface area contributed by atoms with E-state index in [1.54, 1.807) is 4.90 Å². The van der Waals surface area contributed by atoms with Gasteiger partial charge in [0.05, 0.1) is 23.1 Å². The first-order valence-corrected chi connectivity index (χ1v) is 10.3. The van der Waals surface area contributed by atoms with Crippen molar-refractivity contribution in [1.29, 1.82) is 0 Å². The van der Waals surface area contributed by atoms with Crippen LogP contribution in [0.2, 0.25) is 0 Å². The number of fused-ring (bicyclic) bond motifs is 1. The maximum Gasteiger partial charge on any atom is 0.255 e. The van der Waals surface area contributed by atoms with Gasteiger partial charge in [0.2, 0.25) is 5.91 Å². The standard InChI is InChI=1S/C22H22N4O2S/c1-14-19(21(28)24-16-7-5-4-6-8-16)20(26-18(27)13-29-22(26)23-14)15-9-11-17(12-10-15)25(2)3/h4-12,20H,13H2,1-3H3,(H,24,28)/t20-/m0/s1. The lowest BCUT2D eigenvalue weighted by Gasteiger charge is -2.33. The molecule has 7 heteroatoms. The molecule has 0 bridgehead atoms. The zero-order chi connectivity index (χ0) is 20.5. The van der Waals surface area contributed by atoms with E-state index >= 15 is 0 Å². The predicted octanol–water partition coefficient (Wildman–Crippen LogP) is 3.65. The minimum atomic E-state index is -0.495. The second-order valence-corrected chi connectivity index (χ2v) is 8.10. The number of nitrogens with zero attached hydrogens (tertiary/aromatic N) is 3. The Labute approximate surface area is 174 Å². The van der Waals surface area contributed by atoms with Gasteiger partial charge >= 0.3 is 0 Å². The van der Waals surface area contributed by atoms with Crippen LogP contribution in [0.15, 0.2) is 70.9 Å². The van der Waals surface area contributed by atoms with Crippen LogP contribution in [0.25, 0.3) is 0 Å². The normalized spacial score (nSPS) is 18.4. The van der Waals surface area contributed by atoms with Gasteiger partial charge in [0.15, 0.2) is 5.17 Å². The van der Waals surface area contributed by atoms with Gasteiger partial charge in [-0.05, 0) is 36.8 Å². The van der Waals surface area contributed by atoms with E-state index in [-0.39, 0.29) is 11.8 Å². The number of thioether (sulfide) groups is 1. The van der Waals surface area contributed by atoms with Crippen LogP contribution < -0.4 is 10.2 Å². The van der Waals surface area contributed by atoms with Crippen molar-refractivity contribution in [3.8, 4) is 0 Å². The van der Waals surface area contributed by atoms with Gasteiger partial charge in [0.25, 0.3) is 5.91 Å². The minimum absolute atomic E-state index is 0.0343. The van der Waals surface area contributed by atoms with Crippen molar-refractivity contribution in [3.05, 3.63) is 71.4 Å². The molecule has 1 N–H and O–H groups in total. The van der Waals surface area contributed by atoms with Gasteiger partial charge in [0.1, 0.15) is 0 Å².